The molecule has 0 unspecified atom stereocenters. The quantitative estimate of drug-likeness (QED) is 0.176. The van der Waals surface area contributed by atoms with Gasteiger partial charge in [0.15, 0.2) is 0 Å². The molecule has 0 saturated heterocycles. The van der Waals surface area contributed by atoms with E-state index in [1.54, 1.807) is 0 Å². The van der Waals surface area contributed by atoms with Gasteiger partial charge in [-0.3, -0.25) is 0 Å². The van der Waals surface area contributed by atoms with Crippen LogP contribution in [0.3, 0.4) is 0 Å². The molecule has 24 heavy (non-hydrogen) atoms. The van der Waals surface area contributed by atoms with Crippen molar-refractivity contribution in [2.45, 2.75) is 3.86 Å². The summed E-state index contributed by atoms with van der Waals surface area (Å²) in [5, 5.41) is 0.936. The molecule has 0 amide bonds. The van der Waals surface area contributed by atoms with E-state index in [1.165, 1.54) is 23.0 Å². The monoisotopic (exact) mass is 628 g/mol. The standard InChI is InChI=1S/C13HCl10.Sb/c14-4-2(5(15)9(19)12(22)8(4)18)1-3-6(16)10(20)13(23)11(21)7(3)17;/h1H;. The molecule has 0 aliphatic carbocycles. The molecular weight excluding hydrogens is 632 g/mol. The average molecular weight is 633 g/mol. The van der Waals surface area contributed by atoms with Crippen LogP contribution in [0, 0.1) is 0 Å². The molecule has 0 spiro atoms. The molecule has 2 aromatic rings. The van der Waals surface area contributed by atoms with Gasteiger partial charge in [-0.2, -0.15) is 0 Å². The normalized spacial score (nSPS) is 11.5. The van der Waals surface area contributed by atoms with Gasteiger partial charge in [-0.1, -0.05) is 0 Å². The van der Waals surface area contributed by atoms with Crippen LogP contribution in [0.25, 0.3) is 0 Å². The predicted octanol–water partition coefficient (Wildman–Crippen LogP) is 9.48. The fourth-order valence-corrected chi connectivity index (χ4v) is 7.00. The van der Waals surface area contributed by atoms with Crippen molar-refractivity contribution in [3.05, 3.63) is 61.4 Å². The zero-order chi connectivity index (χ0) is 18.5. The van der Waals surface area contributed by atoms with Crippen molar-refractivity contribution in [3.8, 4) is 0 Å². The van der Waals surface area contributed by atoms with Gasteiger partial charge in [0.1, 0.15) is 0 Å². The molecule has 128 valence electrons. The van der Waals surface area contributed by atoms with Crippen molar-refractivity contribution in [3.63, 3.8) is 0 Å². The Labute approximate surface area is 201 Å². The topological polar surface area (TPSA) is 0 Å². The fraction of sp³-hybridized carbons (Fsp3) is 0.0769. The predicted molar refractivity (Wildman–Crippen MR) is 111 cm³/mol. The summed E-state index contributed by atoms with van der Waals surface area (Å²) in [6.07, 6.45) is 0. The second kappa shape index (κ2) is 8.67. The molecule has 0 aromatic heterocycles. The van der Waals surface area contributed by atoms with Crippen LogP contribution in [0.5, 0.6) is 0 Å². The van der Waals surface area contributed by atoms with Crippen LogP contribution in [0.1, 0.15) is 15.0 Å². The second-order valence-electron chi connectivity index (χ2n) is 4.37. The van der Waals surface area contributed by atoms with Crippen molar-refractivity contribution >= 4 is 139 Å². The molecule has 0 atom stereocenters. The first-order valence-electron chi connectivity index (χ1n) is 5.73. The van der Waals surface area contributed by atoms with Gasteiger partial charge in [-0.25, -0.2) is 0 Å². The maximum absolute atomic E-state index is 6.31. The van der Waals surface area contributed by atoms with E-state index in [0.29, 0.717) is 11.1 Å². The van der Waals surface area contributed by atoms with Crippen molar-refractivity contribution in [2.75, 3.05) is 0 Å². The van der Waals surface area contributed by atoms with Crippen molar-refractivity contribution in [1.29, 1.82) is 0 Å². The van der Waals surface area contributed by atoms with Gasteiger partial charge in [-0.05, 0) is 0 Å². The summed E-state index contributed by atoms with van der Waals surface area (Å²) in [5.41, 5.74) is 0.815. The van der Waals surface area contributed by atoms with E-state index >= 15 is 0 Å². The van der Waals surface area contributed by atoms with Gasteiger partial charge in [0.05, 0.1) is 0 Å². The average Bonchev–Trinajstić information content (AvgIpc) is 2.55. The Morgan fingerprint density at radius 1 is 0.375 bits per heavy atom. The van der Waals surface area contributed by atoms with Gasteiger partial charge in [-0.15, -0.1) is 0 Å². The second-order valence-corrected chi connectivity index (χ2v) is 9.62. The van der Waals surface area contributed by atoms with Gasteiger partial charge in [0, 0.05) is 0 Å². The first-order chi connectivity index (χ1) is 11.0. The minimum atomic E-state index is -0.501. The fourth-order valence-electron chi connectivity index (χ4n) is 1.87. The Hall–Kier alpha value is 2.16. The summed E-state index contributed by atoms with van der Waals surface area (Å²) in [6.45, 7) is 0. The Bertz CT molecular complexity index is 720. The molecule has 0 saturated carbocycles. The Morgan fingerprint density at radius 2 is 0.542 bits per heavy atom. The summed E-state index contributed by atoms with van der Waals surface area (Å²) in [7, 11) is 0. The molecule has 0 aliphatic heterocycles. The first-order valence-corrected chi connectivity index (χ1v) is 11.0. The third kappa shape index (κ3) is 3.83. The zero-order valence-corrected chi connectivity index (χ0v) is 20.9. The van der Waals surface area contributed by atoms with Gasteiger partial charge < -0.3 is 0 Å². The van der Waals surface area contributed by atoms with Crippen LogP contribution < -0.4 is 0 Å². The molecule has 2 radical (unpaired) electrons. The van der Waals surface area contributed by atoms with Gasteiger partial charge >= 0.3 is 204 Å². The maximum atomic E-state index is 6.31. The minimum absolute atomic E-state index is 0.0552. The molecule has 2 rings (SSSR count). The summed E-state index contributed by atoms with van der Waals surface area (Å²) in [5.74, 6) is 0. The van der Waals surface area contributed by atoms with E-state index in [-0.39, 0.29) is 50.2 Å². The van der Waals surface area contributed by atoms with Gasteiger partial charge in [0.25, 0.3) is 0 Å². The van der Waals surface area contributed by atoms with Crippen LogP contribution in [0.15, 0.2) is 0 Å². The van der Waals surface area contributed by atoms with Crippen molar-refractivity contribution < 1.29 is 0 Å². The van der Waals surface area contributed by atoms with Crippen LogP contribution in [-0.2, 0) is 0 Å². The first kappa shape index (κ1) is 22.4. The number of halogens is 10. The third-order valence-corrected chi connectivity index (χ3v) is 9.12. The van der Waals surface area contributed by atoms with E-state index in [2.05, 4.69) is 0 Å². The van der Waals surface area contributed by atoms with E-state index in [0.717, 1.165) is 0 Å². The molecule has 0 N–H and O–H groups in total. The van der Waals surface area contributed by atoms with Crippen LogP contribution in [-0.4, -0.2) is 23.0 Å². The summed E-state index contributed by atoms with van der Waals surface area (Å²) in [6, 6.07) is 0. The Morgan fingerprint density at radius 3 is 0.750 bits per heavy atom. The number of rotatable bonds is 2. The van der Waals surface area contributed by atoms with Crippen LogP contribution in [0.4, 0.5) is 0 Å². The van der Waals surface area contributed by atoms with E-state index in [1.807, 2.05) is 0 Å². The number of benzene rings is 2. The number of hydrogen-bond donors (Lipinski definition) is 0. The molecule has 11 heteroatoms. The van der Waals surface area contributed by atoms with E-state index < -0.39 is 3.86 Å². The molecule has 0 nitrogen and oxygen atoms in total. The molecule has 0 heterocycles. The zero-order valence-electron chi connectivity index (χ0n) is 10.8. The van der Waals surface area contributed by atoms with E-state index in [4.69, 9.17) is 116 Å². The molecule has 0 fully saturated rings. The van der Waals surface area contributed by atoms with E-state index in [9.17, 15) is 0 Å². The summed E-state index contributed by atoms with van der Waals surface area (Å²) >= 11 is 63.0. The molecular formula is C13HCl10Sb. The molecule has 0 bridgehead atoms. The Balaban J connectivity index is 2.84. The molecule has 0 aliphatic rings. The van der Waals surface area contributed by atoms with Crippen LogP contribution >= 0.6 is 116 Å². The van der Waals surface area contributed by atoms with Crippen molar-refractivity contribution in [2.24, 2.45) is 0 Å². The molecule has 2 aromatic carbocycles. The van der Waals surface area contributed by atoms with Crippen molar-refractivity contribution in [1.82, 2.24) is 0 Å². The SMILES string of the molecule is Clc1c(Cl)c(Cl)c([CH]([Sb])c2c(Cl)c(Cl)c(Cl)c(Cl)c2Cl)c(Cl)c1Cl. The number of hydrogen-bond acceptors (Lipinski definition) is 0. The summed E-state index contributed by atoms with van der Waals surface area (Å²) in [4.78, 5) is 0. The van der Waals surface area contributed by atoms with Gasteiger partial charge in [0.2, 0.25) is 0 Å². The summed E-state index contributed by atoms with van der Waals surface area (Å²) < 4.78 is -0.501. The van der Waals surface area contributed by atoms with Crippen LogP contribution in [0.2, 0.25) is 50.2 Å². The third-order valence-electron chi connectivity index (χ3n) is 3.03. The Kier molecular flexibility index (Phi) is 8.11.